The zero-order chi connectivity index (χ0) is 29.5. The minimum Gasteiger partial charge on any atom is -0.254 e. The highest BCUT2D eigenvalue weighted by Crippen LogP contribution is 2.42. The van der Waals surface area contributed by atoms with Gasteiger partial charge in [0.25, 0.3) is 0 Å². The van der Waals surface area contributed by atoms with Gasteiger partial charge in [-0.15, -0.1) is 11.3 Å². The molecule has 45 heavy (non-hydrogen) atoms. The Morgan fingerprint density at radius 1 is 0.422 bits per heavy atom. The molecule has 0 atom stereocenters. The SMILES string of the molecule is c1ccc2cc3c(-c4ccc5ccc6cccnc6c5n4)ccc(-c4ccc5c(ccc6sc7ccccc7c65)c4)c3cc2c1. The first-order chi connectivity index (χ1) is 22.3. The van der Waals surface area contributed by atoms with E-state index in [0.717, 1.165) is 33.1 Å². The minimum absolute atomic E-state index is 0.936. The van der Waals surface area contributed by atoms with Gasteiger partial charge in [-0.25, -0.2) is 4.98 Å². The summed E-state index contributed by atoms with van der Waals surface area (Å²) in [6, 6.07) is 50.8. The van der Waals surface area contributed by atoms with Gasteiger partial charge in [0.1, 0.15) is 0 Å². The fourth-order valence-corrected chi connectivity index (χ4v) is 8.22. The second-order valence-corrected chi connectivity index (χ2v) is 12.9. The maximum Gasteiger partial charge on any atom is 0.0972 e. The molecule has 3 aromatic heterocycles. The van der Waals surface area contributed by atoms with E-state index in [1.807, 2.05) is 23.6 Å². The Hall–Kier alpha value is -5.64. The van der Waals surface area contributed by atoms with E-state index in [1.54, 1.807) is 0 Å². The van der Waals surface area contributed by atoms with E-state index in [1.165, 1.54) is 63.6 Å². The van der Waals surface area contributed by atoms with Gasteiger partial charge in [0.2, 0.25) is 0 Å². The van der Waals surface area contributed by atoms with Crippen molar-refractivity contribution in [2.75, 3.05) is 0 Å². The van der Waals surface area contributed by atoms with Crippen molar-refractivity contribution in [1.29, 1.82) is 0 Å². The topological polar surface area (TPSA) is 25.8 Å². The zero-order valence-electron chi connectivity index (χ0n) is 24.2. The lowest BCUT2D eigenvalue weighted by molar-refractivity contribution is 1.37. The average molecular weight is 589 g/mol. The van der Waals surface area contributed by atoms with Gasteiger partial charge in [0.15, 0.2) is 0 Å². The van der Waals surface area contributed by atoms with Crippen molar-refractivity contribution in [3.8, 4) is 22.4 Å². The summed E-state index contributed by atoms with van der Waals surface area (Å²) in [5.74, 6) is 0. The Kier molecular flexibility index (Phi) is 5.19. The van der Waals surface area contributed by atoms with Crippen molar-refractivity contribution < 1.29 is 0 Å². The Bertz CT molecular complexity index is 2830. The molecular weight excluding hydrogens is 565 g/mol. The van der Waals surface area contributed by atoms with Crippen molar-refractivity contribution in [1.82, 2.24) is 9.97 Å². The molecule has 0 aliphatic rings. The fourth-order valence-electron chi connectivity index (χ4n) is 7.10. The predicted octanol–water partition coefficient (Wildman–Crippen LogP) is 11.9. The summed E-state index contributed by atoms with van der Waals surface area (Å²) in [6.45, 7) is 0. The van der Waals surface area contributed by atoms with Gasteiger partial charge < -0.3 is 0 Å². The molecule has 0 fully saturated rings. The molecule has 2 nitrogen and oxygen atoms in total. The molecule has 0 spiro atoms. The summed E-state index contributed by atoms with van der Waals surface area (Å²) in [5.41, 5.74) is 6.40. The van der Waals surface area contributed by atoms with Crippen LogP contribution in [-0.2, 0) is 0 Å². The highest BCUT2D eigenvalue weighted by molar-refractivity contribution is 7.26. The number of rotatable bonds is 2. The van der Waals surface area contributed by atoms with E-state index in [4.69, 9.17) is 9.97 Å². The van der Waals surface area contributed by atoms with Crippen LogP contribution in [0.4, 0.5) is 0 Å². The van der Waals surface area contributed by atoms with E-state index in [-0.39, 0.29) is 0 Å². The van der Waals surface area contributed by atoms with Crippen LogP contribution in [0.2, 0.25) is 0 Å². The van der Waals surface area contributed by atoms with E-state index < -0.39 is 0 Å². The Morgan fingerprint density at radius 2 is 1.13 bits per heavy atom. The Morgan fingerprint density at radius 3 is 2.02 bits per heavy atom. The molecule has 0 aliphatic carbocycles. The van der Waals surface area contributed by atoms with Crippen LogP contribution in [0.15, 0.2) is 146 Å². The van der Waals surface area contributed by atoms with Crippen LogP contribution in [0.5, 0.6) is 0 Å². The molecule has 10 aromatic rings. The second kappa shape index (κ2) is 9.43. The highest BCUT2D eigenvalue weighted by atomic mass is 32.1. The molecule has 0 unspecified atom stereocenters. The van der Waals surface area contributed by atoms with Crippen molar-refractivity contribution in [2.45, 2.75) is 0 Å². The van der Waals surface area contributed by atoms with Crippen LogP contribution in [-0.4, -0.2) is 9.97 Å². The van der Waals surface area contributed by atoms with Gasteiger partial charge in [-0.2, -0.15) is 0 Å². The first kappa shape index (κ1) is 24.8. The first-order valence-corrected chi connectivity index (χ1v) is 16.0. The zero-order valence-corrected chi connectivity index (χ0v) is 25.0. The van der Waals surface area contributed by atoms with Crippen molar-refractivity contribution >= 4 is 85.6 Å². The number of pyridine rings is 2. The monoisotopic (exact) mass is 588 g/mol. The molecule has 0 bridgehead atoms. The van der Waals surface area contributed by atoms with Crippen LogP contribution in [0.1, 0.15) is 0 Å². The van der Waals surface area contributed by atoms with Gasteiger partial charge in [-0.05, 0) is 85.9 Å². The fraction of sp³-hybridized carbons (Fsp3) is 0. The number of nitrogens with zero attached hydrogens (tertiary/aromatic N) is 2. The van der Waals surface area contributed by atoms with Gasteiger partial charge in [-0.1, -0.05) is 97.1 Å². The third kappa shape index (κ3) is 3.75. The Labute approximate surface area is 262 Å². The number of fused-ring (bicyclic) bond motifs is 10. The van der Waals surface area contributed by atoms with Crippen LogP contribution in [0.3, 0.4) is 0 Å². The average Bonchev–Trinajstić information content (AvgIpc) is 3.49. The molecule has 0 saturated heterocycles. The van der Waals surface area contributed by atoms with Gasteiger partial charge >= 0.3 is 0 Å². The number of aromatic nitrogens is 2. The smallest absolute Gasteiger partial charge is 0.0972 e. The molecule has 7 aromatic carbocycles. The minimum atomic E-state index is 0.936. The highest BCUT2D eigenvalue weighted by Gasteiger charge is 2.15. The van der Waals surface area contributed by atoms with Crippen LogP contribution < -0.4 is 0 Å². The lowest BCUT2D eigenvalue weighted by Crippen LogP contribution is -1.91. The predicted molar refractivity (Wildman–Crippen MR) is 193 cm³/mol. The molecule has 0 aliphatic heterocycles. The quantitative estimate of drug-likeness (QED) is 0.148. The summed E-state index contributed by atoms with van der Waals surface area (Å²) in [4.78, 5) is 9.93. The van der Waals surface area contributed by atoms with Gasteiger partial charge in [-0.3, -0.25) is 4.98 Å². The molecule has 0 saturated carbocycles. The van der Waals surface area contributed by atoms with Crippen LogP contribution in [0, 0.1) is 0 Å². The lowest BCUT2D eigenvalue weighted by atomic mass is 9.90. The van der Waals surface area contributed by atoms with Crippen molar-refractivity contribution in [3.05, 3.63) is 146 Å². The molecule has 208 valence electrons. The number of thiophene rings is 1. The number of hydrogen-bond acceptors (Lipinski definition) is 3. The number of hydrogen-bond donors (Lipinski definition) is 0. The molecule has 3 heterocycles. The summed E-state index contributed by atoms with van der Waals surface area (Å²) >= 11 is 1.87. The molecule has 3 heteroatoms. The largest absolute Gasteiger partial charge is 0.254 e. The molecule has 0 amide bonds. The summed E-state index contributed by atoms with van der Waals surface area (Å²) in [5, 5.41) is 12.3. The summed E-state index contributed by atoms with van der Waals surface area (Å²) < 4.78 is 2.67. The normalized spacial score (nSPS) is 12.0. The first-order valence-electron chi connectivity index (χ1n) is 15.2. The van der Waals surface area contributed by atoms with E-state index in [2.05, 4.69) is 133 Å². The van der Waals surface area contributed by atoms with Gasteiger partial charge in [0, 0.05) is 42.7 Å². The van der Waals surface area contributed by atoms with Crippen LogP contribution >= 0.6 is 11.3 Å². The standard InChI is InChI=1S/C42H24N2S/c1-2-7-28-24-36-33(37-19-14-26-12-11-25-8-5-21-43-41(25)42(26)44-37)18-17-31(35(36)23-27(28)6-1)29-13-16-32-30(22-29)15-20-39-40(32)34-9-3-4-10-38(34)45-39/h1-24H. The second-order valence-electron chi connectivity index (χ2n) is 11.8. The molecular formula is C42H24N2S. The van der Waals surface area contributed by atoms with E-state index in [9.17, 15) is 0 Å². The van der Waals surface area contributed by atoms with Crippen molar-refractivity contribution in [3.63, 3.8) is 0 Å². The third-order valence-corrected chi connectivity index (χ3v) is 10.4. The maximum atomic E-state index is 5.23. The maximum absolute atomic E-state index is 5.23. The molecule has 10 rings (SSSR count). The van der Waals surface area contributed by atoms with E-state index in [0.29, 0.717) is 0 Å². The number of benzene rings is 7. The van der Waals surface area contributed by atoms with Gasteiger partial charge in [0.05, 0.1) is 16.7 Å². The summed E-state index contributed by atoms with van der Waals surface area (Å²) in [6.07, 6.45) is 1.85. The van der Waals surface area contributed by atoms with E-state index >= 15 is 0 Å². The summed E-state index contributed by atoms with van der Waals surface area (Å²) in [7, 11) is 0. The Balaban J connectivity index is 1.22. The lowest BCUT2D eigenvalue weighted by Gasteiger charge is -2.15. The van der Waals surface area contributed by atoms with Crippen LogP contribution in [0.25, 0.3) is 96.7 Å². The molecule has 0 N–H and O–H groups in total. The third-order valence-electron chi connectivity index (χ3n) is 9.26. The van der Waals surface area contributed by atoms with Crippen molar-refractivity contribution in [2.24, 2.45) is 0 Å². The molecule has 0 radical (unpaired) electrons.